The summed E-state index contributed by atoms with van der Waals surface area (Å²) in [6.45, 7) is 0.0505. The first-order valence-corrected chi connectivity index (χ1v) is 6.07. The van der Waals surface area contributed by atoms with Crippen molar-refractivity contribution < 1.29 is 13.9 Å². The molecule has 0 heterocycles. The van der Waals surface area contributed by atoms with Crippen molar-refractivity contribution in [1.29, 1.82) is 5.26 Å². The van der Waals surface area contributed by atoms with Crippen LogP contribution in [0.25, 0.3) is 0 Å². The van der Waals surface area contributed by atoms with Crippen LogP contribution in [0.4, 0.5) is 4.39 Å². The zero-order chi connectivity index (χ0) is 14.5. The smallest absolute Gasteiger partial charge is 0.153 e. The lowest BCUT2D eigenvalue weighted by Crippen LogP contribution is -1.99. The Labute approximate surface area is 120 Å². The molecule has 5 heteroatoms. The molecule has 20 heavy (non-hydrogen) atoms. The number of nitriles is 1. The van der Waals surface area contributed by atoms with Gasteiger partial charge in [0.25, 0.3) is 0 Å². The second-order valence-electron chi connectivity index (χ2n) is 4.05. The van der Waals surface area contributed by atoms with Crippen LogP contribution in [-0.4, -0.2) is 6.29 Å². The van der Waals surface area contributed by atoms with Gasteiger partial charge in [-0.25, -0.2) is 4.39 Å². The third-order valence-electron chi connectivity index (χ3n) is 2.58. The first-order valence-electron chi connectivity index (χ1n) is 5.69. The predicted octanol–water partition coefficient (Wildman–Crippen LogP) is 3.74. The van der Waals surface area contributed by atoms with E-state index in [1.165, 1.54) is 18.2 Å². The van der Waals surface area contributed by atoms with Crippen LogP contribution in [0.1, 0.15) is 21.5 Å². The summed E-state index contributed by atoms with van der Waals surface area (Å²) in [5.41, 5.74) is 1.04. The molecule has 0 saturated carbocycles. The van der Waals surface area contributed by atoms with Crippen LogP contribution in [0.3, 0.4) is 0 Å². The van der Waals surface area contributed by atoms with Gasteiger partial charge in [0.15, 0.2) is 6.29 Å². The van der Waals surface area contributed by atoms with E-state index < -0.39 is 5.82 Å². The van der Waals surface area contributed by atoms with Gasteiger partial charge in [0, 0.05) is 5.02 Å². The summed E-state index contributed by atoms with van der Waals surface area (Å²) < 4.78 is 18.7. The summed E-state index contributed by atoms with van der Waals surface area (Å²) in [6.07, 6.45) is 0.632. The molecule has 0 fully saturated rings. The number of carbonyl (C=O) groups excluding carboxylic acids is 1. The van der Waals surface area contributed by atoms with E-state index in [1.807, 2.05) is 6.07 Å². The van der Waals surface area contributed by atoms with Gasteiger partial charge in [0.05, 0.1) is 17.2 Å². The molecule has 0 bridgehead atoms. The molecule has 0 N–H and O–H groups in total. The van der Waals surface area contributed by atoms with Gasteiger partial charge in [-0.3, -0.25) is 4.79 Å². The van der Waals surface area contributed by atoms with Gasteiger partial charge in [-0.1, -0.05) is 11.6 Å². The van der Waals surface area contributed by atoms with E-state index in [4.69, 9.17) is 21.6 Å². The van der Waals surface area contributed by atoms with Crippen molar-refractivity contribution in [2.75, 3.05) is 0 Å². The number of rotatable bonds is 4. The van der Waals surface area contributed by atoms with Crippen LogP contribution in [0.2, 0.25) is 5.02 Å². The number of benzene rings is 2. The SMILES string of the molecule is N#Cc1cc(F)cc(COc2ccc(Cl)cc2C=O)c1. The predicted molar refractivity (Wildman–Crippen MR) is 72.3 cm³/mol. The largest absolute Gasteiger partial charge is 0.488 e. The quantitative estimate of drug-likeness (QED) is 0.806. The molecule has 2 rings (SSSR count). The van der Waals surface area contributed by atoms with Crippen LogP contribution in [-0.2, 0) is 6.61 Å². The molecule has 100 valence electrons. The van der Waals surface area contributed by atoms with Crippen LogP contribution in [0.5, 0.6) is 5.75 Å². The Hall–Kier alpha value is -2.38. The summed E-state index contributed by atoms with van der Waals surface area (Å²) in [5, 5.41) is 9.19. The highest BCUT2D eigenvalue weighted by Gasteiger charge is 2.06. The minimum Gasteiger partial charge on any atom is -0.488 e. The van der Waals surface area contributed by atoms with E-state index in [9.17, 15) is 9.18 Å². The number of aldehydes is 1. The Balaban J connectivity index is 2.19. The minimum absolute atomic E-state index is 0.0505. The van der Waals surface area contributed by atoms with E-state index in [-0.39, 0.29) is 12.2 Å². The van der Waals surface area contributed by atoms with Crippen molar-refractivity contribution in [3.05, 3.63) is 63.9 Å². The monoisotopic (exact) mass is 289 g/mol. The Morgan fingerprint density at radius 2 is 2.10 bits per heavy atom. The Morgan fingerprint density at radius 1 is 1.30 bits per heavy atom. The fourth-order valence-corrected chi connectivity index (χ4v) is 1.88. The fraction of sp³-hybridized carbons (Fsp3) is 0.0667. The third-order valence-corrected chi connectivity index (χ3v) is 2.81. The first-order chi connectivity index (χ1) is 9.62. The van der Waals surface area contributed by atoms with Gasteiger partial charge >= 0.3 is 0 Å². The summed E-state index contributed by atoms with van der Waals surface area (Å²) in [7, 11) is 0. The summed E-state index contributed by atoms with van der Waals surface area (Å²) >= 11 is 5.77. The van der Waals surface area contributed by atoms with Crippen molar-refractivity contribution in [2.24, 2.45) is 0 Å². The summed E-state index contributed by atoms with van der Waals surface area (Å²) in [6, 6.07) is 10.5. The molecule has 0 amide bonds. The number of hydrogen-bond acceptors (Lipinski definition) is 3. The van der Waals surface area contributed by atoms with Crippen LogP contribution < -0.4 is 4.74 Å². The van der Waals surface area contributed by atoms with Crippen molar-refractivity contribution in [2.45, 2.75) is 6.61 Å². The maximum Gasteiger partial charge on any atom is 0.153 e. The van der Waals surface area contributed by atoms with Crippen molar-refractivity contribution in [1.82, 2.24) is 0 Å². The van der Waals surface area contributed by atoms with Crippen LogP contribution in [0, 0.1) is 17.1 Å². The average Bonchev–Trinajstić information content (AvgIpc) is 2.45. The number of halogens is 2. The maximum absolute atomic E-state index is 13.3. The highest BCUT2D eigenvalue weighted by atomic mass is 35.5. The molecule has 3 nitrogen and oxygen atoms in total. The summed E-state index contributed by atoms with van der Waals surface area (Å²) in [4.78, 5) is 10.9. The molecule has 2 aromatic rings. The Bertz CT molecular complexity index is 695. The van der Waals surface area contributed by atoms with Gasteiger partial charge < -0.3 is 4.74 Å². The number of hydrogen-bond donors (Lipinski definition) is 0. The van der Waals surface area contributed by atoms with E-state index in [0.717, 1.165) is 6.07 Å². The zero-order valence-electron chi connectivity index (χ0n) is 10.3. The highest BCUT2D eigenvalue weighted by molar-refractivity contribution is 6.30. The number of carbonyl (C=O) groups is 1. The first kappa shape index (κ1) is 14.0. The molecule has 0 aliphatic rings. The van der Waals surface area contributed by atoms with Gasteiger partial charge in [0.1, 0.15) is 18.2 Å². The molecule has 0 radical (unpaired) electrons. The topological polar surface area (TPSA) is 50.1 Å². The van der Waals surface area contributed by atoms with Gasteiger partial charge in [0.2, 0.25) is 0 Å². The molecule has 0 aliphatic heterocycles. The lowest BCUT2D eigenvalue weighted by Gasteiger charge is -2.09. The fourth-order valence-electron chi connectivity index (χ4n) is 1.70. The average molecular weight is 290 g/mol. The molecular weight excluding hydrogens is 281 g/mol. The molecule has 0 aromatic heterocycles. The van der Waals surface area contributed by atoms with Gasteiger partial charge in [-0.15, -0.1) is 0 Å². The minimum atomic E-state index is -0.505. The van der Waals surface area contributed by atoms with Crippen molar-refractivity contribution in [3.8, 4) is 11.8 Å². The molecule has 0 saturated heterocycles. The van der Waals surface area contributed by atoms with Crippen LogP contribution in [0.15, 0.2) is 36.4 Å². The molecule has 0 unspecified atom stereocenters. The second-order valence-corrected chi connectivity index (χ2v) is 4.49. The van der Waals surface area contributed by atoms with E-state index in [1.54, 1.807) is 12.1 Å². The van der Waals surface area contributed by atoms with Crippen LogP contribution >= 0.6 is 11.6 Å². The lowest BCUT2D eigenvalue weighted by atomic mass is 10.1. The molecule has 0 aliphatic carbocycles. The number of ether oxygens (including phenoxy) is 1. The van der Waals surface area contributed by atoms with E-state index in [2.05, 4.69) is 0 Å². The van der Waals surface area contributed by atoms with Gasteiger partial charge in [-0.2, -0.15) is 5.26 Å². The molecule has 2 aromatic carbocycles. The standard InChI is InChI=1S/C15H9ClFNO2/c16-13-1-2-15(12(6-13)8-19)20-9-11-3-10(7-18)4-14(17)5-11/h1-6,8H,9H2. The van der Waals surface area contributed by atoms with E-state index >= 15 is 0 Å². The summed E-state index contributed by atoms with van der Waals surface area (Å²) in [5.74, 6) is -0.151. The van der Waals surface area contributed by atoms with Crippen molar-refractivity contribution >= 4 is 17.9 Å². The normalized spacial score (nSPS) is 9.85. The van der Waals surface area contributed by atoms with E-state index in [0.29, 0.717) is 28.2 Å². The van der Waals surface area contributed by atoms with Crippen molar-refractivity contribution in [3.63, 3.8) is 0 Å². The third kappa shape index (κ3) is 3.34. The molecule has 0 atom stereocenters. The van der Waals surface area contributed by atoms with Gasteiger partial charge in [-0.05, 0) is 42.0 Å². The lowest BCUT2D eigenvalue weighted by molar-refractivity contribution is 0.111. The highest BCUT2D eigenvalue weighted by Crippen LogP contribution is 2.22. The Morgan fingerprint density at radius 3 is 2.80 bits per heavy atom. The molecular formula is C15H9ClFNO2. The maximum atomic E-state index is 13.3. The second kappa shape index (κ2) is 6.18. The molecule has 0 spiro atoms. The number of nitrogens with zero attached hydrogens (tertiary/aromatic N) is 1. The zero-order valence-corrected chi connectivity index (χ0v) is 11.0. The Kier molecular flexibility index (Phi) is 4.34.